The average molecular weight is 1790 g/mol. The minimum Gasteiger partial charge on any atom is -0.480 e. The fourth-order valence-electron chi connectivity index (χ4n) is 15.2. The molecule has 2 aliphatic heterocycles. The van der Waals surface area contributed by atoms with E-state index in [4.69, 9.17) is 20.9 Å². The lowest BCUT2D eigenvalue weighted by Gasteiger charge is -2.39. The number of nitrogens with one attached hydrogen (secondary N) is 7. The number of imidazole rings is 1. The predicted octanol–water partition coefficient (Wildman–Crippen LogP) is -0.504. The van der Waals surface area contributed by atoms with Crippen molar-refractivity contribution in [3.05, 3.63) is 89.6 Å². The van der Waals surface area contributed by atoms with Crippen LogP contribution in [-0.4, -0.2) is 329 Å². The Hall–Kier alpha value is -10.1. The van der Waals surface area contributed by atoms with Crippen LogP contribution in [0.15, 0.2) is 67.3 Å². The Morgan fingerprint density at radius 1 is 0.587 bits per heavy atom. The van der Waals surface area contributed by atoms with E-state index < -0.39 is 218 Å². The summed E-state index contributed by atoms with van der Waals surface area (Å²) in [6.07, 6.45) is -3.68. The largest absolute Gasteiger partial charge is 0.480 e. The third kappa shape index (κ3) is 36.3. The van der Waals surface area contributed by atoms with Crippen LogP contribution in [0.1, 0.15) is 145 Å². The highest BCUT2D eigenvalue weighted by Crippen LogP contribution is 2.28. The van der Waals surface area contributed by atoms with Crippen LogP contribution in [-0.2, 0) is 101 Å². The number of carboxylic acids is 3. The van der Waals surface area contributed by atoms with Crippen LogP contribution in [0.5, 0.6) is 0 Å². The van der Waals surface area contributed by atoms with Crippen molar-refractivity contribution in [1.29, 1.82) is 0 Å². The molecule has 0 bridgehead atoms. The van der Waals surface area contributed by atoms with E-state index in [1.54, 1.807) is 63.9 Å². The van der Waals surface area contributed by atoms with Crippen LogP contribution in [0.3, 0.4) is 0 Å². The van der Waals surface area contributed by atoms with E-state index in [1.165, 1.54) is 55.5 Å². The zero-order chi connectivity index (χ0) is 92.9. The summed E-state index contributed by atoms with van der Waals surface area (Å²) in [6, 6.07) is 8.12. The Labute approximate surface area is 735 Å². The van der Waals surface area contributed by atoms with Crippen molar-refractivity contribution >= 4 is 117 Å². The number of aliphatic hydroxyl groups excluding tert-OH is 4. The van der Waals surface area contributed by atoms with Crippen LogP contribution in [0, 0.1) is 35.5 Å². The Balaban J connectivity index is 1.15. The van der Waals surface area contributed by atoms with Gasteiger partial charge in [0, 0.05) is 181 Å². The van der Waals surface area contributed by atoms with Gasteiger partial charge in [0.1, 0.15) is 36.8 Å². The van der Waals surface area contributed by atoms with Gasteiger partial charge < -0.3 is 93.2 Å². The number of nitrogens with two attached hydrogens (primary N) is 2. The number of aromatic nitrogens is 3. The topological polar surface area (TPSA) is 603 Å². The van der Waals surface area contributed by atoms with E-state index in [-0.39, 0.29) is 160 Å². The average Bonchev–Trinajstić information content (AvgIpc) is 1.16. The summed E-state index contributed by atoms with van der Waals surface area (Å²) < 4.78 is 10.4. The molecule has 13 atom stereocenters. The summed E-state index contributed by atoms with van der Waals surface area (Å²) in [4.78, 5) is 233. The first-order valence-corrected chi connectivity index (χ1v) is 44.0. The number of carbonyl (C=O) groups excluding carboxylic acids is 13. The lowest BCUT2D eigenvalue weighted by Crippen LogP contribution is -2.59. The van der Waals surface area contributed by atoms with Crippen molar-refractivity contribution in [3.63, 3.8) is 0 Å². The molecule has 2 fully saturated rings. The minimum atomic E-state index is -1.83. The highest BCUT2D eigenvalue weighted by atomic mass is 32.2. The molecule has 4 heterocycles. The number of primary amides is 2. The smallest absolute Gasteiger partial charge is 0.317 e. The number of carbonyl (C=O) groups is 16. The molecule has 696 valence electrons. The van der Waals surface area contributed by atoms with Crippen LogP contribution in [0.2, 0.25) is 0 Å². The molecule has 40 heteroatoms. The number of nitrogens with zero attached hydrogens (tertiary/aromatic N) is 5. The van der Waals surface area contributed by atoms with Gasteiger partial charge in [-0.3, -0.25) is 96.3 Å². The highest BCUT2D eigenvalue weighted by Gasteiger charge is 2.45. The second kappa shape index (κ2) is 53.5. The number of aliphatic hydroxyl groups is 4. The molecular weight excluding hydrogens is 1660 g/mol. The number of rotatable bonds is 56. The van der Waals surface area contributed by atoms with Crippen molar-refractivity contribution in [2.24, 2.45) is 47.0 Å². The van der Waals surface area contributed by atoms with Gasteiger partial charge in [-0.2, -0.15) is 11.8 Å². The number of fused-ring (bicyclic) bond motifs is 1. The zero-order valence-electron chi connectivity index (χ0n) is 72.4. The number of ether oxygens (including phenoxy) is 2. The van der Waals surface area contributed by atoms with Crippen molar-refractivity contribution in [3.8, 4) is 0 Å². The fourth-order valence-corrected chi connectivity index (χ4v) is 15.7. The van der Waals surface area contributed by atoms with Gasteiger partial charge in [0.05, 0.1) is 63.3 Å². The van der Waals surface area contributed by atoms with Crippen molar-refractivity contribution in [2.75, 3.05) is 110 Å². The molecule has 0 radical (unpaired) electrons. The van der Waals surface area contributed by atoms with Crippen LogP contribution < -0.4 is 38.1 Å². The molecule has 4 aromatic rings. The van der Waals surface area contributed by atoms with Gasteiger partial charge in [-0.15, -0.1) is 0 Å². The molecule has 0 saturated carbocycles. The van der Waals surface area contributed by atoms with E-state index in [0.29, 0.717) is 46.3 Å². The Morgan fingerprint density at radius 3 is 1.74 bits per heavy atom. The number of carboxylic acid groups (broad SMARTS) is 3. The van der Waals surface area contributed by atoms with E-state index in [9.17, 15) is 112 Å². The zero-order valence-corrected chi connectivity index (χ0v) is 73.2. The first kappa shape index (κ1) is 105. The Bertz CT molecular complexity index is 4270. The molecular formula is C86H126N14O25S. The van der Waals surface area contributed by atoms with E-state index in [1.807, 2.05) is 20.1 Å². The van der Waals surface area contributed by atoms with Gasteiger partial charge in [-0.1, -0.05) is 77.1 Å². The van der Waals surface area contributed by atoms with E-state index >= 15 is 0 Å². The number of H-pyrrole nitrogens is 2. The van der Waals surface area contributed by atoms with Crippen molar-refractivity contribution < 1.29 is 122 Å². The first-order valence-electron chi connectivity index (χ1n) is 42.6. The van der Waals surface area contributed by atoms with Gasteiger partial charge in [0.2, 0.25) is 41.4 Å². The summed E-state index contributed by atoms with van der Waals surface area (Å²) >= 11 is 1.51. The number of Topliss-reactive ketones (excluding diaryl/α,β-unsaturated/α-hetero) is 6. The molecule has 7 amide bonds. The molecule has 126 heavy (non-hydrogen) atoms. The van der Waals surface area contributed by atoms with E-state index in [2.05, 4.69) is 41.5 Å². The summed E-state index contributed by atoms with van der Waals surface area (Å²) in [5.74, 6) is -15.2. The molecule has 6 rings (SSSR count). The maximum atomic E-state index is 14.8. The Kier molecular flexibility index (Phi) is 44.4. The second-order valence-electron chi connectivity index (χ2n) is 33.3. The molecule has 0 spiro atoms. The van der Waals surface area contributed by atoms with Crippen LogP contribution in [0.4, 0.5) is 0 Å². The third-order valence-electron chi connectivity index (χ3n) is 22.3. The predicted molar refractivity (Wildman–Crippen MR) is 459 cm³/mol. The Morgan fingerprint density at radius 2 is 1.17 bits per heavy atom. The standard InChI is InChI=1S/C86H126N14O25S/c1-50(2)33-57(67(104)37-55(83(88)120)22-32-126-6)39-70(107)64(40-59-42-89-49-92-59)94-73(109)21-19-65(102)79(51(3)4)96-84(121)52(5)34-68(105)63(36-58-41-91-61-12-8-7-11-60(58)61)95-85(122)56(18-20-72(87)108)38-66(103)54-16-14-53(15-17-54)35-69(106)62(13-9-10-23-90-75(111)48-124-82-80(118)71(47-101)125-86(123)81(82)119)93-74(110)43-97-24-26-98(44-76(112)113)28-30-100(46-78(116)117)31-29-99(27-25-97)45-77(114)115/h7-8,11-12,14-17,41-42,49-52,55-57,62-64,71,79-82,86,91,101,118-119,123H,9-10,13,18-40,43-48H2,1-6H3,(H2,87,108)(H2,88,120)(H,89,92)(H,90,111)(H,93,110)(H,94,109)(H,95,122)(H,96,121)(H,112,113)(H,114,115)(H,116,117)/t52-,55-,56-,57-,62+,63+,64+,71-,79+,80-,81-,82+,86+/m1/s1. The van der Waals surface area contributed by atoms with Gasteiger partial charge in [-0.25, -0.2) is 4.98 Å². The second-order valence-corrected chi connectivity index (χ2v) is 34.3. The number of hydrogen-bond acceptors (Lipinski definition) is 28. The highest BCUT2D eigenvalue weighted by molar-refractivity contribution is 7.98. The quantitative estimate of drug-likeness (QED) is 0.0196. The number of unbranched alkanes of at least 4 members (excludes halogenated alkanes) is 1. The van der Waals surface area contributed by atoms with Gasteiger partial charge >= 0.3 is 17.9 Å². The van der Waals surface area contributed by atoms with Crippen LogP contribution in [0.25, 0.3) is 10.9 Å². The fraction of sp³-hybridized carbons (Fsp3) is 0.616. The lowest BCUT2D eigenvalue weighted by atomic mass is 9.83. The van der Waals surface area contributed by atoms with E-state index in [0.717, 1.165) is 0 Å². The number of aromatic amines is 2. The molecule has 39 nitrogen and oxygen atoms in total. The maximum absolute atomic E-state index is 14.8. The molecule has 2 aliphatic rings. The monoisotopic (exact) mass is 1790 g/mol. The molecule has 0 unspecified atom stereocenters. The molecule has 2 aromatic carbocycles. The number of benzene rings is 2. The molecule has 0 aliphatic carbocycles. The lowest BCUT2D eigenvalue weighted by molar-refractivity contribution is -0.293. The first-order chi connectivity index (χ1) is 59.8. The number of aliphatic carboxylic acids is 3. The molecule has 2 saturated heterocycles. The number of thioether (sulfide) groups is 1. The number of amides is 7. The van der Waals surface area contributed by atoms with Crippen molar-refractivity contribution in [2.45, 2.75) is 192 Å². The SMILES string of the molecule is CSCC[C@H](CC(=O)[C@@H](CC(=O)[C@H](Cc1cnc[nH]1)NC(=O)CCC(=O)[C@@H](NC(=O)[C@H](C)CC(=O)[C@H](Cc1c[nH]c2ccccc12)NC(=O)[C@H](CCC(N)=O)CC(=O)c1ccc(CC(=O)[C@H](CCCCNC(=O)CO[C@@H]2[C@@H](O)[C@@H](O)O[C@H](CO)[C@H]2O)NC(=O)CN2CCN(CC(=O)O)CCN(CC(=O)O)CCN(CC(=O)O)CC2)cc1)C(C)C)CC(C)C)C(N)=O. The summed E-state index contributed by atoms with van der Waals surface area (Å²) in [7, 11) is 0. The summed E-state index contributed by atoms with van der Waals surface area (Å²) in [6.45, 7) is 6.43. The summed E-state index contributed by atoms with van der Waals surface area (Å²) in [5, 5.41) is 84.1. The van der Waals surface area contributed by atoms with Crippen molar-refractivity contribution in [1.82, 2.24) is 61.1 Å². The number of para-hydroxylation sites is 1. The maximum Gasteiger partial charge on any atom is 0.317 e. The summed E-state index contributed by atoms with van der Waals surface area (Å²) in [5.41, 5.74) is 13.5. The van der Waals surface area contributed by atoms with Crippen LogP contribution >= 0.6 is 11.8 Å². The number of hydrogen-bond donors (Lipinski definition) is 16. The minimum absolute atomic E-state index is 0.00395. The molecule has 18 N–H and O–H groups in total. The number of ketones is 6. The molecule has 2 aromatic heterocycles. The normalized spacial score (nSPS) is 19.0. The van der Waals surface area contributed by atoms with Gasteiger partial charge in [0.15, 0.2) is 35.2 Å². The van der Waals surface area contributed by atoms with Gasteiger partial charge in [-0.05, 0) is 79.6 Å². The van der Waals surface area contributed by atoms with Gasteiger partial charge in [0.25, 0.3) is 0 Å². The third-order valence-corrected chi connectivity index (χ3v) is 23.0.